The van der Waals surface area contributed by atoms with Crippen LogP contribution in [-0.4, -0.2) is 11.6 Å². The summed E-state index contributed by atoms with van der Waals surface area (Å²) in [4.78, 5) is 13.2. The lowest BCUT2D eigenvalue weighted by Gasteiger charge is -2.24. The van der Waals surface area contributed by atoms with Crippen molar-refractivity contribution in [1.29, 1.82) is 0 Å². The van der Waals surface area contributed by atoms with Gasteiger partial charge in [-0.1, -0.05) is 84.0 Å². The van der Waals surface area contributed by atoms with Crippen molar-refractivity contribution < 1.29 is 4.79 Å². The van der Waals surface area contributed by atoms with Crippen molar-refractivity contribution in [2.24, 2.45) is 11.0 Å². The van der Waals surface area contributed by atoms with E-state index in [0.29, 0.717) is 16.5 Å². The molecule has 0 spiro atoms. The fourth-order valence-corrected chi connectivity index (χ4v) is 4.75. The molecule has 31 heavy (non-hydrogen) atoms. The highest BCUT2D eigenvalue weighted by Gasteiger charge is 2.31. The van der Waals surface area contributed by atoms with Gasteiger partial charge in [0.25, 0.3) is 0 Å². The molecule has 0 radical (unpaired) electrons. The van der Waals surface area contributed by atoms with Crippen LogP contribution in [0.4, 0.5) is 0 Å². The normalized spacial score (nSPS) is 16.7. The highest BCUT2D eigenvalue weighted by molar-refractivity contribution is 9.10. The molecule has 2 aromatic carbocycles. The van der Waals surface area contributed by atoms with Gasteiger partial charge in [0, 0.05) is 26.9 Å². The maximum atomic E-state index is 13.2. The largest absolute Gasteiger partial charge is 0.344 e. The number of carbonyl (C=O) groups is 1. The predicted molar refractivity (Wildman–Crippen MR) is 133 cm³/mol. The van der Waals surface area contributed by atoms with Gasteiger partial charge >= 0.3 is 0 Å². The summed E-state index contributed by atoms with van der Waals surface area (Å²) >= 11 is 16.1. The van der Waals surface area contributed by atoms with Crippen molar-refractivity contribution in [2.75, 3.05) is 0 Å². The van der Waals surface area contributed by atoms with Crippen molar-refractivity contribution in [2.45, 2.75) is 58.0 Å². The second-order valence-electron chi connectivity index (χ2n) is 7.92. The highest BCUT2D eigenvalue weighted by atomic mass is 79.9. The lowest BCUT2D eigenvalue weighted by atomic mass is 9.93. The number of carbonyl (C=O) groups excluding carboxylic acids is 1. The summed E-state index contributed by atoms with van der Waals surface area (Å²) in [5, 5.41) is 8.94. The summed E-state index contributed by atoms with van der Waals surface area (Å²) in [6, 6.07) is 13.2. The minimum absolute atomic E-state index is 0.0131. The van der Waals surface area contributed by atoms with E-state index in [1.165, 1.54) is 0 Å². The molecule has 0 saturated heterocycles. The second kappa shape index (κ2) is 11.3. The molecule has 2 N–H and O–H groups in total. The van der Waals surface area contributed by atoms with E-state index in [-0.39, 0.29) is 17.9 Å². The van der Waals surface area contributed by atoms with Crippen LogP contribution in [0.3, 0.4) is 0 Å². The van der Waals surface area contributed by atoms with Crippen LogP contribution in [0.15, 0.2) is 52.0 Å². The first-order valence-electron chi connectivity index (χ1n) is 10.8. The highest BCUT2D eigenvalue weighted by Crippen LogP contribution is 2.33. The van der Waals surface area contributed by atoms with Crippen LogP contribution in [0.1, 0.15) is 69.2 Å². The van der Waals surface area contributed by atoms with Gasteiger partial charge in [0.15, 0.2) is 0 Å². The van der Waals surface area contributed by atoms with Gasteiger partial charge in [0.1, 0.15) is 0 Å². The molecule has 4 nitrogen and oxygen atoms in total. The minimum atomic E-state index is -0.401. The molecule has 166 valence electrons. The van der Waals surface area contributed by atoms with E-state index in [0.717, 1.165) is 47.0 Å². The Morgan fingerprint density at radius 1 is 1.16 bits per heavy atom. The topological polar surface area (TPSA) is 53.5 Å². The number of halogens is 3. The van der Waals surface area contributed by atoms with E-state index in [2.05, 4.69) is 57.8 Å². The Hall–Kier alpha value is -1.56. The molecule has 0 aromatic heterocycles. The number of hydrogen-bond acceptors (Lipinski definition) is 3. The molecular formula is C24H28BrCl2N3O. The quantitative estimate of drug-likeness (QED) is 0.363. The molecule has 0 bridgehead atoms. The van der Waals surface area contributed by atoms with Gasteiger partial charge < -0.3 is 10.7 Å². The lowest BCUT2D eigenvalue weighted by Crippen LogP contribution is -2.37. The Morgan fingerprint density at radius 2 is 1.84 bits per heavy atom. The van der Waals surface area contributed by atoms with E-state index in [9.17, 15) is 4.79 Å². The number of benzene rings is 2. The molecule has 1 aliphatic rings. The summed E-state index contributed by atoms with van der Waals surface area (Å²) in [5.41, 5.74) is 6.04. The molecular weight excluding hydrogens is 497 g/mol. The zero-order valence-electron chi connectivity index (χ0n) is 17.8. The molecule has 2 aromatic rings. The SMILES string of the molecule is CCCC(CCC)C(=O)NC(C1=NNC(c2ccc(Br)cc2)C1)c1ccc(Cl)cc1Cl. The summed E-state index contributed by atoms with van der Waals surface area (Å²) < 4.78 is 1.03. The van der Waals surface area contributed by atoms with Crippen molar-refractivity contribution >= 4 is 50.8 Å². The summed E-state index contributed by atoms with van der Waals surface area (Å²) in [5.74, 6) is 0.0373. The fraction of sp³-hybridized carbons (Fsp3) is 0.417. The van der Waals surface area contributed by atoms with Gasteiger partial charge in [-0.3, -0.25) is 4.79 Å². The zero-order valence-corrected chi connectivity index (χ0v) is 20.9. The van der Waals surface area contributed by atoms with Crippen molar-refractivity contribution in [3.63, 3.8) is 0 Å². The number of nitrogens with one attached hydrogen (secondary N) is 2. The third-order valence-corrected chi connectivity index (χ3v) is 6.68. The predicted octanol–water partition coefficient (Wildman–Crippen LogP) is 7.22. The van der Waals surface area contributed by atoms with Crippen molar-refractivity contribution in [3.05, 3.63) is 68.1 Å². The molecule has 0 saturated carbocycles. The van der Waals surface area contributed by atoms with E-state index in [1.807, 2.05) is 18.2 Å². The number of hydrogen-bond donors (Lipinski definition) is 2. The Balaban J connectivity index is 1.85. The molecule has 1 amide bonds. The number of hydrazone groups is 1. The summed E-state index contributed by atoms with van der Waals surface area (Å²) in [7, 11) is 0. The smallest absolute Gasteiger partial charge is 0.223 e. The second-order valence-corrected chi connectivity index (χ2v) is 9.68. The van der Waals surface area contributed by atoms with Gasteiger partial charge in [-0.25, -0.2) is 0 Å². The molecule has 1 aliphatic heterocycles. The van der Waals surface area contributed by atoms with Crippen LogP contribution >= 0.6 is 39.1 Å². The minimum Gasteiger partial charge on any atom is -0.344 e. The first-order valence-corrected chi connectivity index (χ1v) is 12.3. The zero-order chi connectivity index (χ0) is 22.4. The van der Waals surface area contributed by atoms with Crippen LogP contribution in [0, 0.1) is 5.92 Å². The monoisotopic (exact) mass is 523 g/mol. The molecule has 2 unspecified atom stereocenters. The maximum absolute atomic E-state index is 13.2. The molecule has 3 rings (SSSR count). The first kappa shape index (κ1) is 24.1. The van der Waals surface area contributed by atoms with Crippen molar-refractivity contribution in [1.82, 2.24) is 10.7 Å². The first-order chi connectivity index (χ1) is 14.9. The summed E-state index contributed by atoms with van der Waals surface area (Å²) in [6.45, 7) is 4.22. The molecule has 1 heterocycles. The van der Waals surface area contributed by atoms with Crippen LogP contribution in [0.25, 0.3) is 0 Å². The average molecular weight is 525 g/mol. The number of nitrogens with zero attached hydrogens (tertiary/aromatic N) is 1. The molecule has 2 atom stereocenters. The van der Waals surface area contributed by atoms with E-state index in [4.69, 9.17) is 23.2 Å². The van der Waals surface area contributed by atoms with Crippen LogP contribution in [0.5, 0.6) is 0 Å². The third kappa shape index (κ3) is 6.24. The van der Waals surface area contributed by atoms with Gasteiger partial charge in [0.05, 0.1) is 17.8 Å². The average Bonchev–Trinajstić information content (AvgIpc) is 3.22. The molecule has 0 fully saturated rings. The molecule has 7 heteroatoms. The van der Waals surface area contributed by atoms with Crippen LogP contribution in [-0.2, 0) is 4.79 Å². The van der Waals surface area contributed by atoms with Gasteiger partial charge in [-0.2, -0.15) is 5.10 Å². The van der Waals surface area contributed by atoms with E-state index < -0.39 is 6.04 Å². The van der Waals surface area contributed by atoms with Gasteiger partial charge in [0.2, 0.25) is 5.91 Å². The number of amides is 1. The van der Waals surface area contributed by atoms with E-state index >= 15 is 0 Å². The fourth-order valence-electron chi connectivity index (χ4n) is 3.97. The lowest BCUT2D eigenvalue weighted by molar-refractivity contribution is -0.125. The summed E-state index contributed by atoms with van der Waals surface area (Å²) in [6.07, 6.45) is 4.36. The standard InChI is InChI=1S/C24H28BrCl2N3O/c1-3-5-16(6-4-2)24(31)28-23(19-12-11-18(26)13-20(19)27)22-14-21(29-30-22)15-7-9-17(25)10-8-15/h7-13,16,21,23,29H,3-6,14H2,1-2H3,(H,28,31). The van der Waals surface area contributed by atoms with Crippen molar-refractivity contribution in [3.8, 4) is 0 Å². The Morgan fingerprint density at radius 3 is 2.45 bits per heavy atom. The number of rotatable bonds is 9. The Kier molecular flexibility index (Phi) is 8.82. The Labute approximate surface area is 202 Å². The van der Waals surface area contributed by atoms with Crippen LogP contribution in [0.2, 0.25) is 10.0 Å². The van der Waals surface area contributed by atoms with Gasteiger partial charge in [-0.05, 0) is 48.2 Å². The third-order valence-electron chi connectivity index (χ3n) is 5.59. The van der Waals surface area contributed by atoms with E-state index in [1.54, 1.807) is 12.1 Å². The molecule has 0 aliphatic carbocycles. The maximum Gasteiger partial charge on any atom is 0.223 e. The van der Waals surface area contributed by atoms with Gasteiger partial charge in [-0.15, -0.1) is 0 Å². The van der Waals surface area contributed by atoms with Crippen LogP contribution < -0.4 is 10.7 Å². The Bertz CT molecular complexity index is 927.